The largest absolute Gasteiger partial charge is 0.481 e. The van der Waals surface area contributed by atoms with Gasteiger partial charge in [-0.25, -0.2) is 4.79 Å². The van der Waals surface area contributed by atoms with Gasteiger partial charge in [-0.05, 0) is 12.3 Å². The molecule has 1 rings (SSSR count). The number of hydrogen-bond acceptors (Lipinski definition) is 3. The molecule has 0 radical (unpaired) electrons. The van der Waals surface area contributed by atoms with E-state index in [1.165, 1.54) is 0 Å². The van der Waals surface area contributed by atoms with E-state index in [9.17, 15) is 14.4 Å². The quantitative estimate of drug-likeness (QED) is 0.542. The van der Waals surface area contributed by atoms with E-state index in [1.54, 1.807) is 13.8 Å². The Labute approximate surface area is 112 Å². The van der Waals surface area contributed by atoms with Crippen LogP contribution in [0.3, 0.4) is 0 Å². The lowest BCUT2D eigenvalue weighted by atomic mass is 9.96. The number of nitrogens with one attached hydrogen (secondary N) is 3. The molecule has 1 heterocycles. The lowest BCUT2D eigenvalue weighted by molar-refractivity contribution is -0.143. The third kappa shape index (κ3) is 5.15. The van der Waals surface area contributed by atoms with Crippen LogP contribution in [0, 0.1) is 11.8 Å². The van der Waals surface area contributed by atoms with Crippen LogP contribution in [-0.2, 0) is 9.59 Å². The number of hydrogen-bond donors (Lipinski definition) is 4. The lowest BCUT2D eigenvalue weighted by Gasteiger charge is -2.17. The summed E-state index contributed by atoms with van der Waals surface area (Å²) in [5.41, 5.74) is 0. The zero-order valence-electron chi connectivity index (χ0n) is 11.2. The fourth-order valence-corrected chi connectivity index (χ4v) is 1.92. The fraction of sp³-hybridized carbons (Fsp3) is 0.750. The van der Waals surface area contributed by atoms with Crippen LogP contribution in [0.1, 0.15) is 26.7 Å². The van der Waals surface area contributed by atoms with Crippen molar-refractivity contribution >= 4 is 17.9 Å². The summed E-state index contributed by atoms with van der Waals surface area (Å²) in [5.74, 6) is -1.57. The molecule has 1 saturated heterocycles. The van der Waals surface area contributed by atoms with Crippen LogP contribution in [0.2, 0.25) is 0 Å². The Kier molecular flexibility index (Phi) is 5.59. The van der Waals surface area contributed by atoms with Gasteiger partial charge >= 0.3 is 12.0 Å². The average molecular weight is 271 g/mol. The van der Waals surface area contributed by atoms with Crippen molar-refractivity contribution in [3.63, 3.8) is 0 Å². The molecule has 3 amide bonds. The molecule has 0 bridgehead atoms. The summed E-state index contributed by atoms with van der Waals surface area (Å²) >= 11 is 0. The van der Waals surface area contributed by atoms with E-state index in [-0.39, 0.29) is 24.4 Å². The second kappa shape index (κ2) is 6.96. The molecule has 4 N–H and O–H groups in total. The SMILES string of the molecule is CC(C)C(CNC(=O)NCC1CCC(=O)N1)C(=O)O. The molecule has 1 fully saturated rings. The van der Waals surface area contributed by atoms with E-state index in [1.807, 2.05) is 0 Å². The molecule has 2 atom stereocenters. The van der Waals surface area contributed by atoms with Gasteiger partial charge in [-0.2, -0.15) is 0 Å². The van der Waals surface area contributed by atoms with Gasteiger partial charge in [-0.15, -0.1) is 0 Å². The van der Waals surface area contributed by atoms with Crippen molar-refractivity contribution in [2.75, 3.05) is 13.1 Å². The van der Waals surface area contributed by atoms with E-state index in [2.05, 4.69) is 16.0 Å². The van der Waals surface area contributed by atoms with Crippen molar-refractivity contribution < 1.29 is 19.5 Å². The summed E-state index contributed by atoms with van der Waals surface area (Å²) in [6.45, 7) is 4.05. The summed E-state index contributed by atoms with van der Waals surface area (Å²) in [5, 5.41) is 16.9. The second-order valence-corrected chi connectivity index (χ2v) is 5.08. The van der Waals surface area contributed by atoms with Crippen LogP contribution < -0.4 is 16.0 Å². The van der Waals surface area contributed by atoms with Crippen molar-refractivity contribution in [2.45, 2.75) is 32.7 Å². The summed E-state index contributed by atoms with van der Waals surface area (Å²) in [6.07, 6.45) is 1.20. The molecule has 108 valence electrons. The van der Waals surface area contributed by atoms with Crippen molar-refractivity contribution in [2.24, 2.45) is 11.8 Å². The summed E-state index contributed by atoms with van der Waals surface area (Å²) < 4.78 is 0. The first kappa shape index (κ1) is 15.3. The average Bonchev–Trinajstić information content (AvgIpc) is 2.71. The molecule has 0 aromatic heterocycles. The minimum atomic E-state index is -0.918. The monoisotopic (exact) mass is 271 g/mol. The van der Waals surface area contributed by atoms with Gasteiger partial charge in [-0.3, -0.25) is 9.59 Å². The van der Waals surface area contributed by atoms with Gasteiger partial charge in [0, 0.05) is 25.6 Å². The molecule has 0 aliphatic carbocycles. The van der Waals surface area contributed by atoms with Crippen molar-refractivity contribution in [1.82, 2.24) is 16.0 Å². The van der Waals surface area contributed by atoms with Gasteiger partial charge in [-0.1, -0.05) is 13.8 Å². The molecule has 1 aliphatic heterocycles. The Morgan fingerprint density at radius 1 is 1.42 bits per heavy atom. The molecule has 0 spiro atoms. The highest BCUT2D eigenvalue weighted by Crippen LogP contribution is 2.09. The molecular weight excluding hydrogens is 250 g/mol. The molecule has 0 aromatic rings. The Hall–Kier alpha value is -1.79. The van der Waals surface area contributed by atoms with Crippen LogP contribution >= 0.6 is 0 Å². The standard InChI is InChI=1S/C12H21N3O4/c1-7(2)9(11(17)18)6-14-12(19)13-5-8-3-4-10(16)15-8/h7-9H,3-6H2,1-2H3,(H,15,16)(H,17,18)(H2,13,14,19). The highest BCUT2D eigenvalue weighted by atomic mass is 16.4. The Morgan fingerprint density at radius 3 is 2.58 bits per heavy atom. The number of carboxylic acid groups (broad SMARTS) is 1. The summed E-state index contributed by atoms with van der Waals surface area (Å²) in [7, 11) is 0. The van der Waals surface area contributed by atoms with Crippen molar-refractivity contribution in [3.05, 3.63) is 0 Å². The van der Waals surface area contributed by atoms with E-state index in [0.717, 1.165) is 0 Å². The van der Waals surface area contributed by atoms with Crippen molar-refractivity contribution in [3.8, 4) is 0 Å². The van der Waals surface area contributed by atoms with Gasteiger partial charge < -0.3 is 21.1 Å². The predicted molar refractivity (Wildman–Crippen MR) is 68.5 cm³/mol. The molecule has 2 unspecified atom stereocenters. The highest BCUT2D eigenvalue weighted by molar-refractivity contribution is 5.79. The van der Waals surface area contributed by atoms with E-state index >= 15 is 0 Å². The van der Waals surface area contributed by atoms with Crippen LogP contribution in [0.5, 0.6) is 0 Å². The predicted octanol–water partition coefficient (Wildman–Crippen LogP) is -0.0790. The van der Waals surface area contributed by atoms with Crippen LogP contribution in [0.25, 0.3) is 0 Å². The molecule has 0 saturated carbocycles. The topological polar surface area (TPSA) is 108 Å². The van der Waals surface area contributed by atoms with E-state index in [0.29, 0.717) is 19.4 Å². The molecule has 19 heavy (non-hydrogen) atoms. The smallest absolute Gasteiger partial charge is 0.314 e. The number of carbonyl (C=O) groups excluding carboxylic acids is 2. The molecule has 7 nitrogen and oxygen atoms in total. The van der Waals surface area contributed by atoms with Crippen LogP contribution in [0.15, 0.2) is 0 Å². The lowest BCUT2D eigenvalue weighted by Crippen LogP contribution is -2.45. The normalized spacial score (nSPS) is 19.9. The van der Waals surface area contributed by atoms with Crippen LogP contribution in [0.4, 0.5) is 4.79 Å². The van der Waals surface area contributed by atoms with Gasteiger partial charge in [0.05, 0.1) is 5.92 Å². The zero-order valence-corrected chi connectivity index (χ0v) is 11.2. The maximum Gasteiger partial charge on any atom is 0.314 e. The number of rotatable bonds is 6. The first-order valence-corrected chi connectivity index (χ1v) is 6.44. The third-order valence-electron chi connectivity index (χ3n) is 3.20. The Balaban J connectivity index is 2.23. The third-order valence-corrected chi connectivity index (χ3v) is 3.20. The molecule has 0 aromatic carbocycles. The van der Waals surface area contributed by atoms with Gasteiger partial charge in [0.25, 0.3) is 0 Å². The highest BCUT2D eigenvalue weighted by Gasteiger charge is 2.23. The van der Waals surface area contributed by atoms with Gasteiger partial charge in [0.2, 0.25) is 5.91 Å². The molecule has 1 aliphatic rings. The first-order chi connectivity index (χ1) is 8.90. The Morgan fingerprint density at radius 2 is 2.11 bits per heavy atom. The number of carbonyl (C=O) groups is 3. The fourth-order valence-electron chi connectivity index (χ4n) is 1.92. The number of aliphatic carboxylic acids is 1. The Bertz CT molecular complexity index is 357. The van der Waals surface area contributed by atoms with Crippen LogP contribution in [-0.4, -0.2) is 42.1 Å². The molecule has 7 heteroatoms. The summed E-state index contributed by atoms with van der Waals surface area (Å²) in [4.78, 5) is 33.4. The van der Waals surface area contributed by atoms with Crippen molar-refractivity contribution in [1.29, 1.82) is 0 Å². The van der Waals surface area contributed by atoms with E-state index in [4.69, 9.17) is 5.11 Å². The maximum atomic E-state index is 11.5. The zero-order chi connectivity index (χ0) is 14.4. The summed E-state index contributed by atoms with van der Waals surface area (Å²) in [6, 6.07) is -0.438. The first-order valence-electron chi connectivity index (χ1n) is 6.44. The molecular formula is C12H21N3O4. The van der Waals surface area contributed by atoms with Gasteiger partial charge in [0.15, 0.2) is 0 Å². The maximum absolute atomic E-state index is 11.5. The number of urea groups is 1. The van der Waals surface area contributed by atoms with E-state index < -0.39 is 17.9 Å². The number of carboxylic acids is 1. The minimum Gasteiger partial charge on any atom is -0.481 e. The number of amides is 3. The second-order valence-electron chi connectivity index (χ2n) is 5.08. The van der Waals surface area contributed by atoms with Gasteiger partial charge in [0.1, 0.15) is 0 Å². The minimum absolute atomic E-state index is 0.00189.